The maximum atomic E-state index is 10.9. The van der Waals surface area contributed by atoms with Gasteiger partial charge in [-0.2, -0.15) is 0 Å². The SMILES string of the molecule is CC(C)CC1CCC(c2nc3[nH]c(C(=O)O)cc3s2)C1. The van der Waals surface area contributed by atoms with Gasteiger partial charge in [0.05, 0.1) is 9.71 Å². The van der Waals surface area contributed by atoms with Crippen LogP contribution in [0.2, 0.25) is 0 Å². The molecule has 2 aromatic heterocycles. The van der Waals surface area contributed by atoms with Gasteiger partial charge in [-0.25, -0.2) is 9.78 Å². The fraction of sp³-hybridized carbons (Fsp3) is 0.600. The lowest BCUT2D eigenvalue weighted by molar-refractivity contribution is 0.0691. The minimum atomic E-state index is -0.922. The highest BCUT2D eigenvalue weighted by atomic mass is 32.1. The fourth-order valence-electron chi connectivity index (χ4n) is 3.30. The van der Waals surface area contributed by atoms with E-state index in [1.165, 1.54) is 30.7 Å². The van der Waals surface area contributed by atoms with Gasteiger partial charge in [0, 0.05) is 5.92 Å². The average molecular weight is 292 g/mol. The molecule has 3 rings (SSSR count). The van der Waals surface area contributed by atoms with Crippen LogP contribution >= 0.6 is 11.3 Å². The van der Waals surface area contributed by atoms with E-state index >= 15 is 0 Å². The van der Waals surface area contributed by atoms with E-state index in [1.54, 1.807) is 17.4 Å². The molecule has 0 amide bonds. The number of thiazole rings is 1. The summed E-state index contributed by atoms with van der Waals surface area (Å²) in [6.45, 7) is 4.57. The van der Waals surface area contributed by atoms with E-state index in [9.17, 15) is 4.79 Å². The fourth-order valence-corrected chi connectivity index (χ4v) is 4.41. The van der Waals surface area contributed by atoms with Crippen LogP contribution in [-0.4, -0.2) is 21.0 Å². The lowest BCUT2D eigenvalue weighted by atomic mass is 9.95. The van der Waals surface area contributed by atoms with Crippen LogP contribution in [0.15, 0.2) is 6.07 Å². The van der Waals surface area contributed by atoms with Gasteiger partial charge < -0.3 is 10.1 Å². The maximum absolute atomic E-state index is 10.9. The van der Waals surface area contributed by atoms with Crippen molar-refractivity contribution in [2.75, 3.05) is 0 Å². The molecule has 1 aliphatic carbocycles. The molecule has 1 saturated carbocycles. The molecule has 4 nitrogen and oxygen atoms in total. The molecule has 1 fully saturated rings. The van der Waals surface area contributed by atoms with Gasteiger partial charge in [0.1, 0.15) is 11.3 Å². The summed E-state index contributed by atoms with van der Waals surface area (Å²) in [7, 11) is 0. The van der Waals surface area contributed by atoms with Gasteiger partial charge in [-0.1, -0.05) is 13.8 Å². The Kier molecular flexibility index (Phi) is 3.54. The second kappa shape index (κ2) is 5.20. The topological polar surface area (TPSA) is 66.0 Å². The van der Waals surface area contributed by atoms with Crippen molar-refractivity contribution in [2.45, 2.75) is 45.4 Å². The van der Waals surface area contributed by atoms with E-state index in [0.717, 1.165) is 22.2 Å². The number of carboxylic acid groups (broad SMARTS) is 1. The Morgan fingerprint density at radius 2 is 2.35 bits per heavy atom. The third-order valence-corrected chi connectivity index (χ3v) is 5.29. The number of hydrogen-bond acceptors (Lipinski definition) is 3. The molecule has 108 valence electrons. The Hall–Kier alpha value is -1.36. The molecule has 0 spiro atoms. The quantitative estimate of drug-likeness (QED) is 0.885. The predicted octanol–water partition coefficient (Wildman–Crippen LogP) is 4.25. The van der Waals surface area contributed by atoms with E-state index in [4.69, 9.17) is 5.11 Å². The molecule has 1 aliphatic rings. The Morgan fingerprint density at radius 1 is 1.55 bits per heavy atom. The second-order valence-corrected chi connectivity index (χ2v) is 7.32. The monoisotopic (exact) mass is 292 g/mol. The molecule has 2 unspecified atom stereocenters. The van der Waals surface area contributed by atoms with E-state index in [-0.39, 0.29) is 5.69 Å². The van der Waals surface area contributed by atoms with Crippen molar-refractivity contribution >= 4 is 27.7 Å². The van der Waals surface area contributed by atoms with Gasteiger partial charge in [-0.15, -0.1) is 11.3 Å². The normalized spacial score (nSPS) is 22.9. The zero-order chi connectivity index (χ0) is 14.3. The van der Waals surface area contributed by atoms with Crippen LogP contribution in [0.25, 0.3) is 10.3 Å². The van der Waals surface area contributed by atoms with E-state index < -0.39 is 5.97 Å². The van der Waals surface area contributed by atoms with Gasteiger partial charge >= 0.3 is 5.97 Å². The minimum absolute atomic E-state index is 0.231. The molecule has 0 radical (unpaired) electrons. The summed E-state index contributed by atoms with van der Waals surface area (Å²) in [5.74, 6) is 1.24. The Bertz CT molecular complexity index is 597. The van der Waals surface area contributed by atoms with Crippen LogP contribution in [0.4, 0.5) is 0 Å². The highest BCUT2D eigenvalue weighted by Crippen LogP contribution is 2.43. The molecule has 2 heterocycles. The Balaban J connectivity index is 1.75. The number of nitrogens with one attached hydrogen (secondary N) is 1. The average Bonchev–Trinajstić information content (AvgIpc) is 2.99. The Morgan fingerprint density at radius 3 is 3.00 bits per heavy atom. The summed E-state index contributed by atoms with van der Waals surface area (Å²) in [5, 5.41) is 10.1. The smallest absolute Gasteiger partial charge is 0.352 e. The largest absolute Gasteiger partial charge is 0.477 e. The number of aromatic amines is 1. The lowest BCUT2D eigenvalue weighted by Gasteiger charge is -2.12. The van der Waals surface area contributed by atoms with Crippen LogP contribution in [0.1, 0.15) is 60.9 Å². The minimum Gasteiger partial charge on any atom is -0.477 e. The number of carbonyl (C=O) groups is 1. The molecule has 2 atom stereocenters. The van der Waals surface area contributed by atoms with Crippen LogP contribution in [0, 0.1) is 11.8 Å². The number of H-pyrrole nitrogens is 1. The van der Waals surface area contributed by atoms with Crippen molar-refractivity contribution < 1.29 is 9.90 Å². The standard InChI is InChI=1S/C15H20N2O2S/c1-8(2)5-9-3-4-10(6-9)14-17-13-12(20-14)7-11(16-13)15(18)19/h7-10,16H,3-6H2,1-2H3,(H,18,19). The molecule has 0 bridgehead atoms. The van der Waals surface area contributed by atoms with Crippen molar-refractivity contribution in [3.8, 4) is 0 Å². The van der Waals surface area contributed by atoms with Gasteiger partial charge in [0.15, 0.2) is 0 Å². The number of fused-ring (bicyclic) bond motifs is 1. The molecular formula is C15H20N2O2S. The molecular weight excluding hydrogens is 272 g/mol. The Labute approximate surface area is 122 Å². The van der Waals surface area contributed by atoms with E-state index in [2.05, 4.69) is 23.8 Å². The van der Waals surface area contributed by atoms with Gasteiger partial charge in [-0.05, 0) is 43.6 Å². The summed E-state index contributed by atoms with van der Waals surface area (Å²) in [6.07, 6.45) is 5.07. The van der Waals surface area contributed by atoms with Crippen LogP contribution in [0.3, 0.4) is 0 Å². The third-order valence-electron chi connectivity index (χ3n) is 4.12. The van der Waals surface area contributed by atoms with E-state index in [1.807, 2.05) is 0 Å². The number of rotatable bonds is 4. The highest BCUT2D eigenvalue weighted by molar-refractivity contribution is 7.18. The molecule has 0 aliphatic heterocycles. The summed E-state index contributed by atoms with van der Waals surface area (Å²) < 4.78 is 0.963. The van der Waals surface area contributed by atoms with Gasteiger partial charge in [-0.3, -0.25) is 0 Å². The summed E-state index contributed by atoms with van der Waals surface area (Å²) >= 11 is 1.65. The summed E-state index contributed by atoms with van der Waals surface area (Å²) in [4.78, 5) is 18.4. The van der Waals surface area contributed by atoms with E-state index in [0.29, 0.717) is 5.92 Å². The lowest BCUT2D eigenvalue weighted by Crippen LogP contribution is -2.00. The zero-order valence-corrected chi connectivity index (χ0v) is 12.7. The number of aromatic nitrogens is 2. The van der Waals surface area contributed by atoms with Crippen LogP contribution in [-0.2, 0) is 0 Å². The number of carboxylic acids is 1. The number of aromatic carboxylic acids is 1. The molecule has 2 N–H and O–H groups in total. The zero-order valence-electron chi connectivity index (χ0n) is 11.8. The molecule has 20 heavy (non-hydrogen) atoms. The van der Waals surface area contributed by atoms with Crippen molar-refractivity contribution in [2.24, 2.45) is 11.8 Å². The first kappa shape index (κ1) is 13.6. The van der Waals surface area contributed by atoms with Crippen molar-refractivity contribution in [3.63, 3.8) is 0 Å². The number of hydrogen-bond donors (Lipinski definition) is 2. The van der Waals surface area contributed by atoms with Crippen molar-refractivity contribution in [1.82, 2.24) is 9.97 Å². The molecule has 0 saturated heterocycles. The van der Waals surface area contributed by atoms with Crippen LogP contribution in [0.5, 0.6) is 0 Å². The molecule has 5 heteroatoms. The molecule has 2 aromatic rings. The van der Waals surface area contributed by atoms with Crippen molar-refractivity contribution in [3.05, 3.63) is 16.8 Å². The van der Waals surface area contributed by atoms with Gasteiger partial charge in [0.25, 0.3) is 0 Å². The van der Waals surface area contributed by atoms with Gasteiger partial charge in [0.2, 0.25) is 0 Å². The predicted molar refractivity (Wildman–Crippen MR) is 80.5 cm³/mol. The molecule has 0 aromatic carbocycles. The van der Waals surface area contributed by atoms with Crippen molar-refractivity contribution in [1.29, 1.82) is 0 Å². The summed E-state index contributed by atoms with van der Waals surface area (Å²) in [5.41, 5.74) is 0.962. The highest BCUT2D eigenvalue weighted by Gasteiger charge is 2.28. The van der Waals surface area contributed by atoms with Crippen LogP contribution < -0.4 is 0 Å². The number of nitrogens with zero attached hydrogens (tertiary/aromatic N) is 1. The second-order valence-electron chi connectivity index (χ2n) is 6.26. The first-order valence-corrected chi connectivity index (χ1v) is 8.07. The first-order valence-electron chi connectivity index (χ1n) is 7.25. The first-order chi connectivity index (χ1) is 9.52. The third kappa shape index (κ3) is 2.59. The maximum Gasteiger partial charge on any atom is 0.352 e. The summed E-state index contributed by atoms with van der Waals surface area (Å²) in [6, 6.07) is 1.69.